The SMILES string of the molecule is OC1(CN2CCCC2)CCCN(Cc2nc3ccccc3[nH]2)C1. The number of para-hydroxylation sites is 2. The highest BCUT2D eigenvalue weighted by Gasteiger charge is 2.35. The minimum atomic E-state index is -0.561. The van der Waals surface area contributed by atoms with Crippen LogP contribution in [0.3, 0.4) is 0 Å². The van der Waals surface area contributed by atoms with Crippen LogP contribution in [-0.4, -0.2) is 63.2 Å². The summed E-state index contributed by atoms with van der Waals surface area (Å²) in [6, 6.07) is 8.14. The van der Waals surface area contributed by atoms with E-state index in [0.717, 1.165) is 69.0 Å². The molecule has 0 bridgehead atoms. The number of fused-ring (bicyclic) bond motifs is 1. The second-order valence-corrected chi connectivity index (χ2v) is 7.22. The maximum absolute atomic E-state index is 11.0. The first kappa shape index (κ1) is 15.1. The summed E-state index contributed by atoms with van der Waals surface area (Å²) >= 11 is 0. The van der Waals surface area contributed by atoms with Gasteiger partial charge < -0.3 is 15.0 Å². The van der Waals surface area contributed by atoms with Gasteiger partial charge in [-0.15, -0.1) is 0 Å². The van der Waals surface area contributed by atoms with Crippen LogP contribution in [0.2, 0.25) is 0 Å². The molecule has 4 rings (SSSR count). The Hall–Kier alpha value is -1.43. The highest BCUT2D eigenvalue weighted by molar-refractivity contribution is 5.74. The van der Waals surface area contributed by atoms with E-state index in [4.69, 9.17) is 0 Å². The lowest BCUT2D eigenvalue weighted by atomic mass is 9.92. The van der Waals surface area contributed by atoms with E-state index in [1.54, 1.807) is 0 Å². The molecule has 0 spiro atoms. The van der Waals surface area contributed by atoms with Gasteiger partial charge in [-0.1, -0.05) is 12.1 Å². The maximum atomic E-state index is 11.0. The molecule has 2 N–H and O–H groups in total. The highest BCUT2D eigenvalue weighted by Crippen LogP contribution is 2.25. The molecule has 5 nitrogen and oxygen atoms in total. The summed E-state index contributed by atoms with van der Waals surface area (Å²) in [7, 11) is 0. The Bertz CT molecular complexity index is 631. The number of aromatic amines is 1. The Labute approximate surface area is 137 Å². The minimum absolute atomic E-state index is 0.561. The molecule has 5 heteroatoms. The van der Waals surface area contributed by atoms with Crippen LogP contribution in [-0.2, 0) is 6.54 Å². The van der Waals surface area contributed by atoms with Crippen LogP contribution in [0.25, 0.3) is 11.0 Å². The quantitative estimate of drug-likeness (QED) is 0.906. The molecule has 23 heavy (non-hydrogen) atoms. The van der Waals surface area contributed by atoms with Gasteiger partial charge in [0.15, 0.2) is 0 Å². The van der Waals surface area contributed by atoms with Crippen molar-refractivity contribution in [2.24, 2.45) is 0 Å². The van der Waals surface area contributed by atoms with E-state index >= 15 is 0 Å². The first-order valence-corrected chi connectivity index (χ1v) is 8.81. The number of benzene rings is 1. The zero-order valence-electron chi connectivity index (χ0n) is 13.7. The van der Waals surface area contributed by atoms with Crippen LogP contribution in [0.4, 0.5) is 0 Å². The number of H-pyrrole nitrogens is 1. The van der Waals surface area contributed by atoms with Gasteiger partial charge in [-0.3, -0.25) is 4.90 Å². The third-order valence-electron chi connectivity index (χ3n) is 5.16. The van der Waals surface area contributed by atoms with Gasteiger partial charge in [-0.25, -0.2) is 4.98 Å². The van der Waals surface area contributed by atoms with Gasteiger partial charge in [0.1, 0.15) is 5.82 Å². The van der Waals surface area contributed by atoms with Crippen molar-refractivity contribution in [1.29, 1.82) is 0 Å². The number of aliphatic hydroxyl groups is 1. The standard InChI is InChI=1S/C18H26N4O/c23-18(13-21-9-3-4-10-21)8-5-11-22(14-18)12-17-19-15-6-1-2-7-16(15)20-17/h1-2,6-7,23H,3-5,8-14H2,(H,19,20). The lowest BCUT2D eigenvalue weighted by Gasteiger charge is -2.41. The molecule has 2 aromatic rings. The molecule has 124 valence electrons. The van der Waals surface area contributed by atoms with Crippen molar-refractivity contribution >= 4 is 11.0 Å². The van der Waals surface area contributed by atoms with E-state index in [1.165, 1.54) is 12.8 Å². The highest BCUT2D eigenvalue weighted by atomic mass is 16.3. The van der Waals surface area contributed by atoms with Crippen molar-refractivity contribution in [3.8, 4) is 0 Å². The number of nitrogens with zero attached hydrogens (tertiary/aromatic N) is 3. The fraction of sp³-hybridized carbons (Fsp3) is 0.611. The van der Waals surface area contributed by atoms with E-state index in [-0.39, 0.29) is 0 Å². The molecule has 0 radical (unpaired) electrons. The first-order chi connectivity index (χ1) is 11.2. The lowest BCUT2D eigenvalue weighted by Crippen LogP contribution is -2.53. The average molecular weight is 314 g/mol. The third kappa shape index (κ3) is 3.42. The number of nitrogens with one attached hydrogen (secondary N) is 1. The number of likely N-dealkylation sites (tertiary alicyclic amines) is 2. The zero-order chi connectivity index (χ0) is 15.7. The van der Waals surface area contributed by atoms with Crippen molar-refractivity contribution in [2.45, 2.75) is 37.8 Å². The predicted molar refractivity (Wildman–Crippen MR) is 91.2 cm³/mol. The van der Waals surface area contributed by atoms with Crippen molar-refractivity contribution < 1.29 is 5.11 Å². The van der Waals surface area contributed by atoms with Gasteiger partial charge in [0.2, 0.25) is 0 Å². The molecule has 1 unspecified atom stereocenters. The molecule has 0 aliphatic carbocycles. The Balaban J connectivity index is 1.42. The van der Waals surface area contributed by atoms with Gasteiger partial charge in [-0.2, -0.15) is 0 Å². The second kappa shape index (κ2) is 6.23. The molecule has 1 aromatic carbocycles. The number of aromatic nitrogens is 2. The Morgan fingerprint density at radius 2 is 1.87 bits per heavy atom. The van der Waals surface area contributed by atoms with E-state index in [2.05, 4.69) is 25.8 Å². The summed E-state index contributed by atoms with van der Waals surface area (Å²) < 4.78 is 0. The van der Waals surface area contributed by atoms with E-state index < -0.39 is 5.60 Å². The van der Waals surface area contributed by atoms with Crippen molar-refractivity contribution in [1.82, 2.24) is 19.8 Å². The van der Waals surface area contributed by atoms with Gasteiger partial charge in [-0.05, 0) is 57.5 Å². The number of imidazole rings is 1. The van der Waals surface area contributed by atoms with Crippen LogP contribution in [0, 0.1) is 0 Å². The third-order valence-corrected chi connectivity index (χ3v) is 5.16. The van der Waals surface area contributed by atoms with Crippen LogP contribution in [0.5, 0.6) is 0 Å². The maximum Gasteiger partial charge on any atom is 0.121 e. The molecule has 1 aromatic heterocycles. The topological polar surface area (TPSA) is 55.4 Å². The summed E-state index contributed by atoms with van der Waals surface area (Å²) in [6.45, 7) is 5.69. The molecule has 1 atom stereocenters. The number of hydrogen-bond donors (Lipinski definition) is 2. The van der Waals surface area contributed by atoms with Crippen molar-refractivity contribution in [2.75, 3.05) is 32.7 Å². The average Bonchev–Trinajstić information content (AvgIpc) is 3.15. The van der Waals surface area contributed by atoms with Gasteiger partial charge in [0.25, 0.3) is 0 Å². The summed E-state index contributed by atoms with van der Waals surface area (Å²) in [6.07, 6.45) is 4.53. The number of piperidine rings is 1. The number of β-amino-alcohol motifs (C(OH)–C–C–N with tert-alkyl or cyclic N) is 1. The zero-order valence-corrected chi connectivity index (χ0v) is 13.7. The molecule has 0 saturated carbocycles. The molecule has 2 aliphatic heterocycles. The smallest absolute Gasteiger partial charge is 0.121 e. The molecule has 0 amide bonds. The Morgan fingerprint density at radius 1 is 1.09 bits per heavy atom. The molecular weight excluding hydrogens is 288 g/mol. The Morgan fingerprint density at radius 3 is 2.70 bits per heavy atom. The molecular formula is C18H26N4O. The first-order valence-electron chi connectivity index (χ1n) is 8.81. The van der Waals surface area contributed by atoms with Gasteiger partial charge in [0, 0.05) is 13.1 Å². The van der Waals surface area contributed by atoms with Crippen LogP contribution in [0.15, 0.2) is 24.3 Å². The van der Waals surface area contributed by atoms with Gasteiger partial charge >= 0.3 is 0 Å². The van der Waals surface area contributed by atoms with Crippen LogP contribution in [0.1, 0.15) is 31.5 Å². The van der Waals surface area contributed by atoms with E-state index in [9.17, 15) is 5.11 Å². The van der Waals surface area contributed by atoms with Crippen molar-refractivity contribution in [3.05, 3.63) is 30.1 Å². The van der Waals surface area contributed by atoms with Gasteiger partial charge in [0.05, 0.1) is 23.2 Å². The molecule has 2 aliphatic rings. The van der Waals surface area contributed by atoms with E-state index in [0.29, 0.717) is 0 Å². The monoisotopic (exact) mass is 314 g/mol. The van der Waals surface area contributed by atoms with Crippen LogP contribution >= 0.6 is 0 Å². The van der Waals surface area contributed by atoms with E-state index in [1.807, 2.05) is 18.2 Å². The summed E-state index contributed by atoms with van der Waals surface area (Å²) in [4.78, 5) is 12.8. The lowest BCUT2D eigenvalue weighted by molar-refractivity contribution is -0.0523. The molecule has 2 saturated heterocycles. The molecule has 2 fully saturated rings. The molecule has 3 heterocycles. The summed E-state index contributed by atoms with van der Waals surface area (Å²) in [5.41, 5.74) is 1.55. The largest absolute Gasteiger partial charge is 0.387 e. The minimum Gasteiger partial charge on any atom is -0.387 e. The second-order valence-electron chi connectivity index (χ2n) is 7.22. The van der Waals surface area contributed by atoms with Crippen LogP contribution < -0.4 is 0 Å². The summed E-state index contributed by atoms with van der Waals surface area (Å²) in [5.74, 6) is 0.997. The fourth-order valence-corrected chi connectivity index (χ4v) is 4.12. The number of rotatable bonds is 4. The summed E-state index contributed by atoms with van der Waals surface area (Å²) in [5, 5.41) is 11.0. The Kier molecular flexibility index (Phi) is 4.09. The predicted octanol–water partition coefficient (Wildman–Crippen LogP) is 1.99. The fourth-order valence-electron chi connectivity index (χ4n) is 4.12. The van der Waals surface area contributed by atoms with Crippen molar-refractivity contribution in [3.63, 3.8) is 0 Å². The number of hydrogen-bond acceptors (Lipinski definition) is 4. The normalized spacial score (nSPS) is 27.0.